The summed E-state index contributed by atoms with van der Waals surface area (Å²) >= 11 is 0. The number of hydrogen-bond donors (Lipinski definition) is 2. The number of nitrogens with zero attached hydrogens (tertiary/aromatic N) is 5. The molecule has 0 spiro atoms. The smallest absolute Gasteiger partial charge is 0.217 e. The summed E-state index contributed by atoms with van der Waals surface area (Å²) < 4.78 is 2.21. The van der Waals surface area contributed by atoms with Crippen molar-refractivity contribution in [1.82, 2.24) is 25.0 Å². The van der Waals surface area contributed by atoms with Crippen molar-refractivity contribution in [3.8, 4) is 0 Å². The first-order valence-electron chi connectivity index (χ1n) is 9.40. The first-order valence-corrected chi connectivity index (χ1v) is 9.40. The summed E-state index contributed by atoms with van der Waals surface area (Å²) in [4.78, 5) is 18.3. The van der Waals surface area contributed by atoms with E-state index >= 15 is 0 Å². The molecule has 1 saturated heterocycles. The van der Waals surface area contributed by atoms with Gasteiger partial charge in [-0.1, -0.05) is 0 Å². The van der Waals surface area contributed by atoms with Crippen molar-refractivity contribution in [3.63, 3.8) is 0 Å². The van der Waals surface area contributed by atoms with E-state index in [0.29, 0.717) is 18.9 Å². The number of aromatic nitrogens is 3. The van der Waals surface area contributed by atoms with E-state index in [9.17, 15) is 4.79 Å². The first-order chi connectivity index (χ1) is 12.2. The van der Waals surface area contributed by atoms with Gasteiger partial charge in [0.25, 0.3) is 0 Å². The Morgan fingerprint density at radius 3 is 2.92 bits per heavy atom. The summed E-state index contributed by atoms with van der Waals surface area (Å²) in [6, 6.07) is 0. The van der Waals surface area contributed by atoms with Crippen molar-refractivity contribution in [2.45, 2.75) is 58.5 Å². The van der Waals surface area contributed by atoms with Crippen LogP contribution in [0.15, 0.2) is 4.99 Å². The second-order valence-corrected chi connectivity index (χ2v) is 6.94. The van der Waals surface area contributed by atoms with Crippen molar-refractivity contribution in [2.75, 3.05) is 19.6 Å². The molecule has 26 heavy (non-hydrogen) atoms. The molecular formula is C17H30IN7O. The van der Waals surface area contributed by atoms with E-state index in [1.165, 1.54) is 12.8 Å². The van der Waals surface area contributed by atoms with Crippen LogP contribution < -0.4 is 11.1 Å². The lowest BCUT2D eigenvalue weighted by atomic mass is 9.95. The lowest BCUT2D eigenvalue weighted by Gasteiger charge is -2.34. The number of carbonyl (C=O) groups is 1. The molecule has 8 nitrogen and oxygen atoms in total. The Hall–Kier alpha value is -1.39. The molecule has 0 aliphatic carbocycles. The van der Waals surface area contributed by atoms with E-state index in [4.69, 9.17) is 10.7 Å². The summed E-state index contributed by atoms with van der Waals surface area (Å²) in [5, 5.41) is 12.0. The minimum Gasteiger partial charge on any atom is -0.370 e. The van der Waals surface area contributed by atoms with Crippen LogP contribution in [0.4, 0.5) is 0 Å². The number of halogens is 1. The number of likely N-dealkylation sites (tertiary alicyclic amines) is 1. The summed E-state index contributed by atoms with van der Waals surface area (Å²) in [6.07, 6.45) is 5.95. The van der Waals surface area contributed by atoms with Crippen LogP contribution in [-0.4, -0.2) is 51.2 Å². The summed E-state index contributed by atoms with van der Waals surface area (Å²) in [5.41, 5.74) is 5.37. The van der Waals surface area contributed by atoms with Crippen molar-refractivity contribution in [1.29, 1.82) is 0 Å². The molecule has 146 valence electrons. The van der Waals surface area contributed by atoms with E-state index < -0.39 is 0 Å². The number of primary amides is 1. The quantitative estimate of drug-likeness (QED) is 0.380. The topological polar surface area (TPSA) is 101 Å². The maximum atomic E-state index is 11.2. The van der Waals surface area contributed by atoms with Gasteiger partial charge in [-0.2, -0.15) is 0 Å². The molecule has 3 rings (SSSR count). The number of rotatable bonds is 5. The second kappa shape index (κ2) is 10.1. The fourth-order valence-electron chi connectivity index (χ4n) is 3.77. The number of fused-ring (bicyclic) bond motifs is 1. The van der Waals surface area contributed by atoms with Crippen LogP contribution in [0, 0.1) is 5.92 Å². The maximum absolute atomic E-state index is 11.2. The highest BCUT2D eigenvalue weighted by Gasteiger charge is 2.24. The molecule has 1 fully saturated rings. The van der Waals surface area contributed by atoms with Gasteiger partial charge < -0.3 is 20.5 Å². The molecule has 9 heteroatoms. The SMILES string of the molecule is CCNC(=NCc1nnc2n1CCCC2)N1CCCC(CC(N)=O)C1.I. The van der Waals surface area contributed by atoms with Gasteiger partial charge in [0.1, 0.15) is 12.4 Å². The average Bonchev–Trinajstić information content (AvgIpc) is 3.01. The monoisotopic (exact) mass is 475 g/mol. The number of carbonyl (C=O) groups excluding carboxylic acids is 1. The Balaban J connectivity index is 0.00000243. The second-order valence-electron chi connectivity index (χ2n) is 6.94. The number of nitrogens with one attached hydrogen (secondary N) is 1. The van der Waals surface area contributed by atoms with Crippen molar-refractivity contribution < 1.29 is 4.79 Å². The molecule has 1 unspecified atom stereocenters. The predicted molar refractivity (Wildman–Crippen MR) is 111 cm³/mol. The normalized spacial score (nSPS) is 20.3. The van der Waals surface area contributed by atoms with Gasteiger partial charge in [0, 0.05) is 39.0 Å². The van der Waals surface area contributed by atoms with Crippen LogP contribution in [0.2, 0.25) is 0 Å². The zero-order valence-corrected chi connectivity index (χ0v) is 17.8. The van der Waals surface area contributed by atoms with Gasteiger partial charge in [-0.15, -0.1) is 34.2 Å². The van der Waals surface area contributed by atoms with Gasteiger partial charge in [-0.3, -0.25) is 4.79 Å². The Kier molecular flexibility index (Phi) is 8.11. The Labute approximate surface area is 172 Å². The Morgan fingerprint density at radius 1 is 1.31 bits per heavy atom. The van der Waals surface area contributed by atoms with Gasteiger partial charge in [-0.05, 0) is 38.5 Å². The zero-order chi connectivity index (χ0) is 17.6. The van der Waals surface area contributed by atoms with Gasteiger partial charge in [0.15, 0.2) is 11.8 Å². The molecule has 0 bridgehead atoms. The molecule has 2 aliphatic rings. The van der Waals surface area contributed by atoms with Crippen LogP contribution in [0.3, 0.4) is 0 Å². The van der Waals surface area contributed by atoms with Gasteiger partial charge in [0.05, 0.1) is 0 Å². The highest BCUT2D eigenvalue weighted by atomic mass is 127. The highest BCUT2D eigenvalue weighted by Crippen LogP contribution is 2.20. The Bertz CT molecular complexity index is 631. The van der Waals surface area contributed by atoms with Crippen LogP contribution >= 0.6 is 24.0 Å². The molecule has 1 aromatic rings. The average molecular weight is 475 g/mol. The van der Waals surface area contributed by atoms with Crippen LogP contribution in [-0.2, 0) is 24.3 Å². The number of hydrogen-bond acceptors (Lipinski definition) is 4. The van der Waals surface area contributed by atoms with Crippen molar-refractivity contribution in [2.24, 2.45) is 16.6 Å². The lowest BCUT2D eigenvalue weighted by molar-refractivity contribution is -0.119. The molecule has 0 radical (unpaired) electrons. The number of aryl methyl sites for hydroxylation is 1. The summed E-state index contributed by atoms with van der Waals surface area (Å²) in [7, 11) is 0. The van der Waals surface area contributed by atoms with Crippen molar-refractivity contribution in [3.05, 3.63) is 11.6 Å². The number of guanidine groups is 1. The third-order valence-corrected chi connectivity index (χ3v) is 4.95. The van der Waals surface area contributed by atoms with E-state index in [-0.39, 0.29) is 29.9 Å². The number of amides is 1. The highest BCUT2D eigenvalue weighted by molar-refractivity contribution is 14.0. The van der Waals surface area contributed by atoms with Crippen molar-refractivity contribution >= 4 is 35.8 Å². The maximum Gasteiger partial charge on any atom is 0.217 e. The lowest BCUT2D eigenvalue weighted by Crippen LogP contribution is -2.47. The molecule has 1 atom stereocenters. The molecule has 0 saturated carbocycles. The molecule has 1 amide bonds. The molecular weight excluding hydrogens is 445 g/mol. The zero-order valence-electron chi connectivity index (χ0n) is 15.5. The van der Waals surface area contributed by atoms with E-state index in [1.54, 1.807) is 0 Å². The number of piperidine rings is 1. The van der Waals surface area contributed by atoms with E-state index in [2.05, 4.69) is 31.9 Å². The summed E-state index contributed by atoms with van der Waals surface area (Å²) in [6.45, 7) is 6.19. The third kappa shape index (κ3) is 5.31. The van der Waals surface area contributed by atoms with E-state index in [1.807, 2.05) is 0 Å². The standard InChI is InChI=1S/C17H29N7O.HI/c1-2-19-17(23-8-5-6-13(12-23)10-14(18)25)20-11-16-22-21-15-7-3-4-9-24(15)16;/h13H,2-12H2,1H3,(H2,18,25)(H,19,20);1H. The summed E-state index contributed by atoms with van der Waals surface area (Å²) in [5.74, 6) is 3.02. The largest absolute Gasteiger partial charge is 0.370 e. The van der Waals surface area contributed by atoms with Gasteiger partial charge in [-0.25, -0.2) is 4.99 Å². The van der Waals surface area contributed by atoms with Crippen LogP contribution in [0.5, 0.6) is 0 Å². The molecule has 2 aliphatic heterocycles. The molecule has 0 aromatic carbocycles. The van der Waals surface area contributed by atoms with E-state index in [0.717, 1.165) is 63.0 Å². The minimum atomic E-state index is -0.219. The third-order valence-electron chi connectivity index (χ3n) is 4.95. The number of aliphatic imine (C=N–C) groups is 1. The van der Waals surface area contributed by atoms with Crippen LogP contribution in [0.1, 0.15) is 50.7 Å². The number of nitrogens with two attached hydrogens (primary N) is 1. The first kappa shape index (κ1) is 20.9. The van der Waals surface area contributed by atoms with Crippen LogP contribution in [0.25, 0.3) is 0 Å². The van der Waals surface area contributed by atoms with Gasteiger partial charge in [0.2, 0.25) is 5.91 Å². The van der Waals surface area contributed by atoms with Gasteiger partial charge >= 0.3 is 0 Å². The minimum absolute atomic E-state index is 0. The molecule has 1 aromatic heterocycles. The predicted octanol–water partition coefficient (Wildman–Crippen LogP) is 1.29. The fraction of sp³-hybridized carbons (Fsp3) is 0.765. The molecule has 3 N–H and O–H groups in total. The Morgan fingerprint density at radius 2 is 2.15 bits per heavy atom. The fourth-order valence-corrected chi connectivity index (χ4v) is 3.77. The molecule has 3 heterocycles.